The molecule has 1 aromatic heterocycles. The highest BCUT2D eigenvalue weighted by Gasteiger charge is 2.22. The second-order valence-electron chi connectivity index (χ2n) is 5.47. The van der Waals surface area contributed by atoms with Crippen molar-refractivity contribution >= 4 is 45.3 Å². The third kappa shape index (κ3) is 4.29. The van der Waals surface area contributed by atoms with Crippen LogP contribution in [0.4, 0.5) is 10.7 Å². The predicted octanol–water partition coefficient (Wildman–Crippen LogP) is 4.53. The van der Waals surface area contributed by atoms with Gasteiger partial charge in [0.2, 0.25) is 0 Å². The van der Waals surface area contributed by atoms with Gasteiger partial charge in [0, 0.05) is 4.88 Å². The summed E-state index contributed by atoms with van der Waals surface area (Å²) in [5.41, 5.74) is 3.38. The molecule has 0 bridgehead atoms. The molecule has 0 amide bonds. The number of hydrogen-bond acceptors (Lipinski definition) is 5. The Balaban J connectivity index is 2.27. The van der Waals surface area contributed by atoms with Crippen LogP contribution in [0.2, 0.25) is 0 Å². The molecule has 0 unspecified atom stereocenters. The summed E-state index contributed by atoms with van der Waals surface area (Å²) in [4.78, 5) is 13.2. The third-order valence-corrected chi connectivity index (χ3v) is 5.05. The fourth-order valence-corrected chi connectivity index (χ4v) is 4.00. The predicted molar refractivity (Wildman–Crippen MR) is 107 cm³/mol. The zero-order valence-electron chi connectivity index (χ0n) is 15.0. The maximum absolute atomic E-state index is 12.2. The van der Waals surface area contributed by atoms with Crippen molar-refractivity contribution in [1.82, 2.24) is 0 Å². The van der Waals surface area contributed by atoms with Gasteiger partial charge in [-0.3, -0.25) is 0 Å². The first-order valence-corrected chi connectivity index (χ1v) is 9.06. The van der Waals surface area contributed by atoms with Gasteiger partial charge in [-0.2, -0.15) is 0 Å². The van der Waals surface area contributed by atoms with Crippen molar-refractivity contribution in [3.63, 3.8) is 0 Å². The number of methoxy groups -OCH3 is 2. The van der Waals surface area contributed by atoms with Gasteiger partial charge in [0.1, 0.15) is 10.8 Å². The first kappa shape index (κ1) is 19.2. The number of carbonyl (C=O) groups excluding carboxylic acids is 1. The Bertz CT molecular complexity index is 800. The van der Waals surface area contributed by atoms with E-state index in [-0.39, 0.29) is 5.97 Å². The lowest BCUT2D eigenvalue weighted by Crippen LogP contribution is -2.20. The van der Waals surface area contributed by atoms with Crippen LogP contribution in [0.1, 0.15) is 33.3 Å². The van der Waals surface area contributed by atoms with E-state index in [4.69, 9.17) is 21.7 Å². The van der Waals surface area contributed by atoms with Gasteiger partial charge < -0.3 is 20.1 Å². The molecule has 0 aliphatic heterocycles. The molecule has 134 valence electrons. The molecule has 1 aromatic carbocycles. The molecule has 2 rings (SSSR count). The number of anilines is 2. The van der Waals surface area contributed by atoms with E-state index in [0.717, 1.165) is 28.1 Å². The normalized spacial score (nSPS) is 10.3. The molecule has 5 nitrogen and oxygen atoms in total. The molecular formula is C18H22N2O3S2. The number of aryl methyl sites for hydroxylation is 2. The molecule has 0 spiro atoms. The smallest absolute Gasteiger partial charge is 0.341 e. The standard InChI is InChI=1S/C18H22N2O3S2/c1-6-12-11(3)25-16(15(12)17(21)23-5)20-18(24)19-13-9-10(2)7-8-14(13)22-4/h7-9H,6H2,1-5H3,(H2,19,20,24). The van der Waals surface area contributed by atoms with Crippen molar-refractivity contribution < 1.29 is 14.3 Å². The van der Waals surface area contributed by atoms with Gasteiger partial charge in [-0.15, -0.1) is 11.3 Å². The molecule has 0 saturated carbocycles. The van der Waals surface area contributed by atoms with Crippen LogP contribution in [0.15, 0.2) is 18.2 Å². The van der Waals surface area contributed by atoms with Crippen LogP contribution in [0.3, 0.4) is 0 Å². The number of thiophene rings is 1. The number of rotatable bonds is 5. The first-order chi connectivity index (χ1) is 11.9. The van der Waals surface area contributed by atoms with Crippen molar-refractivity contribution in [2.24, 2.45) is 0 Å². The van der Waals surface area contributed by atoms with Crippen LogP contribution in [0.25, 0.3) is 0 Å². The SMILES string of the molecule is CCc1c(C)sc(NC(=S)Nc2cc(C)ccc2OC)c1C(=O)OC. The summed E-state index contributed by atoms with van der Waals surface area (Å²) in [6.07, 6.45) is 0.750. The largest absolute Gasteiger partial charge is 0.495 e. The molecule has 0 aliphatic carbocycles. The lowest BCUT2D eigenvalue weighted by atomic mass is 10.1. The second-order valence-corrected chi connectivity index (χ2v) is 7.10. The summed E-state index contributed by atoms with van der Waals surface area (Å²) in [5.74, 6) is 0.333. The molecule has 2 aromatic rings. The van der Waals surface area contributed by atoms with E-state index in [0.29, 0.717) is 21.4 Å². The van der Waals surface area contributed by atoms with Crippen molar-refractivity contribution in [3.05, 3.63) is 39.8 Å². The number of nitrogens with one attached hydrogen (secondary N) is 2. The third-order valence-electron chi connectivity index (χ3n) is 3.78. The minimum atomic E-state index is -0.361. The van der Waals surface area contributed by atoms with E-state index in [2.05, 4.69) is 10.6 Å². The van der Waals surface area contributed by atoms with Gasteiger partial charge in [-0.05, 0) is 55.7 Å². The molecular weight excluding hydrogens is 356 g/mol. The number of hydrogen-bond donors (Lipinski definition) is 2. The fourth-order valence-electron chi connectivity index (χ4n) is 2.59. The Kier molecular flexibility index (Phi) is 6.39. The van der Waals surface area contributed by atoms with E-state index in [1.54, 1.807) is 7.11 Å². The topological polar surface area (TPSA) is 59.6 Å². The average Bonchev–Trinajstić information content (AvgIpc) is 2.89. The Morgan fingerprint density at radius 1 is 1.24 bits per heavy atom. The van der Waals surface area contributed by atoms with Crippen LogP contribution < -0.4 is 15.4 Å². The number of thiocarbonyl (C=S) groups is 1. The van der Waals surface area contributed by atoms with Gasteiger partial charge >= 0.3 is 5.97 Å². The minimum Gasteiger partial charge on any atom is -0.495 e. The summed E-state index contributed by atoms with van der Waals surface area (Å²) in [6.45, 7) is 5.99. The molecule has 0 radical (unpaired) electrons. The number of esters is 1. The molecule has 0 atom stereocenters. The second kappa shape index (κ2) is 8.31. The summed E-state index contributed by atoms with van der Waals surface area (Å²) in [5, 5.41) is 7.33. The lowest BCUT2D eigenvalue weighted by molar-refractivity contribution is 0.0601. The Hall–Kier alpha value is -2.12. The molecule has 25 heavy (non-hydrogen) atoms. The van der Waals surface area contributed by atoms with Crippen molar-refractivity contribution in [2.75, 3.05) is 24.9 Å². The number of benzene rings is 1. The highest BCUT2D eigenvalue weighted by atomic mass is 32.1. The summed E-state index contributed by atoms with van der Waals surface area (Å²) in [6, 6.07) is 5.79. The molecule has 0 aliphatic rings. The van der Waals surface area contributed by atoms with E-state index in [9.17, 15) is 4.79 Å². The monoisotopic (exact) mass is 378 g/mol. The van der Waals surface area contributed by atoms with Crippen molar-refractivity contribution in [2.45, 2.75) is 27.2 Å². The molecule has 0 saturated heterocycles. The van der Waals surface area contributed by atoms with Crippen molar-refractivity contribution in [1.29, 1.82) is 0 Å². The zero-order valence-corrected chi connectivity index (χ0v) is 16.6. The Morgan fingerprint density at radius 2 is 1.96 bits per heavy atom. The van der Waals surface area contributed by atoms with Crippen LogP contribution in [-0.4, -0.2) is 25.3 Å². The number of carbonyl (C=O) groups is 1. The average molecular weight is 379 g/mol. The van der Waals surface area contributed by atoms with E-state index >= 15 is 0 Å². The van der Waals surface area contributed by atoms with E-state index in [1.807, 2.05) is 39.0 Å². The van der Waals surface area contributed by atoms with Gasteiger partial charge in [0.05, 0.1) is 25.5 Å². The fraction of sp³-hybridized carbons (Fsp3) is 0.333. The summed E-state index contributed by atoms with van der Waals surface area (Å²) >= 11 is 6.91. The van der Waals surface area contributed by atoms with Crippen LogP contribution in [-0.2, 0) is 11.2 Å². The van der Waals surface area contributed by atoms with Gasteiger partial charge in [0.15, 0.2) is 5.11 Å². The Morgan fingerprint density at radius 3 is 2.56 bits per heavy atom. The van der Waals surface area contributed by atoms with Crippen LogP contribution in [0.5, 0.6) is 5.75 Å². The molecule has 2 N–H and O–H groups in total. The van der Waals surface area contributed by atoms with Crippen LogP contribution in [0, 0.1) is 13.8 Å². The molecule has 0 fully saturated rings. The quantitative estimate of drug-likeness (QED) is 0.589. The van der Waals surface area contributed by atoms with Gasteiger partial charge in [0.25, 0.3) is 0 Å². The Labute approximate surface area is 157 Å². The number of ether oxygens (including phenoxy) is 2. The van der Waals surface area contributed by atoms with Gasteiger partial charge in [-0.1, -0.05) is 13.0 Å². The molecule has 1 heterocycles. The minimum absolute atomic E-state index is 0.361. The van der Waals surface area contributed by atoms with E-state index in [1.165, 1.54) is 18.4 Å². The highest BCUT2D eigenvalue weighted by Crippen LogP contribution is 2.34. The maximum atomic E-state index is 12.2. The van der Waals surface area contributed by atoms with Crippen molar-refractivity contribution in [3.8, 4) is 5.75 Å². The zero-order chi connectivity index (χ0) is 18.6. The highest BCUT2D eigenvalue weighted by molar-refractivity contribution is 7.80. The van der Waals surface area contributed by atoms with Gasteiger partial charge in [-0.25, -0.2) is 4.79 Å². The molecule has 7 heteroatoms. The summed E-state index contributed by atoms with van der Waals surface area (Å²) in [7, 11) is 2.99. The first-order valence-electron chi connectivity index (χ1n) is 7.84. The van der Waals surface area contributed by atoms with E-state index < -0.39 is 0 Å². The van der Waals surface area contributed by atoms with Crippen LogP contribution >= 0.6 is 23.6 Å². The lowest BCUT2D eigenvalue weighted by Gasteiger charge is -2.14. The maximum Gasteiger partial charge on any atom is 0.341 e. The summed E-state index contributed by atoms with van der Waals surface area (Å²) < 4.78 is 10.3.